The number of benzene rings is 1. The lowest BCUT2D eigenvalue weighted by Crippen LogP contribution is -2.25. The summed E-state index contributed by atoms with van der Waals surface area (Å²) in [5.41, 5.74) is -0.503. The van der Waals surface area contributed by atoms with E-state index in [0.717, 1.165) is 12.1 Å². The molecule has 1 aromatic carbocycles. The number of alkyl halides is 3. The molecule has 0 bridgehead atoms. The number of hydrogen-bond acceptors (Lipinski definition) is 3. The molecule has 0 aromatic heterocycles. The number of halogens is 3. The zero-order chi connectivity index (χ0) is 14.3. The van der Waals surface area contributed by atoms with Crippen LogP contribution in [0.15, 0.2) is 24.3 Å². The third-order valence-corrected chi connectivity index (χ3v) is 2.56. The highest BCUT2D eigenvalue weighted by Crippen LogP contribution is 2.30. The van der Waals surface area contributed by atoms with Gasteiger partial charge in [0, 0.05) is 19.7 Å². The molecule has 2 N–H and O–H groups in total. The van der Waals surface area contributed by atoms with Gasteiger partial charge < -0.3 is 15.2 Å². The monoisotopic (exact) mass is 277 g/mol. The van der Waals surface area contributed by atoms with Crippen LogP contribution in [0.5, 0.6) is 0 Å². The Balaban J connectivity index is 2.50. The SMILES string of the molecule is CCOCCNCC(O)c1cccc(C(F)(F)F)c1. The third-order valence-electron chi connectivity index (χ3n) is 2.56. The van der Waals surface area contributed by atoms with E-state index >= 15 is 0 Å². The molecule has 19 heavy (non-hydrogen) atoms. The number of ether oxygens (including phenoxy) is 1. The quantitative estimate of drug-likeness (QED) is 0.752. The van der Waals surface area contributed by atoms with Crippen molar-refractivity contribution in [2.75, 3.05) is 26.3 Å². The Kier molecular flexibility index (Phi) is 6.27. The van der Waals surface area contributed by atoms with Crippen molar-refractivity contribution < 1.29 is 23.0 Å². The number of nitrogens with one attached hydrogen (secondary N) is 1. The first-order valence-corrected chi connectivity index (χ1v) is 6.09. The second-order valence-electron chi connectivity index (χ2n) is 4.04. The normalized spacial score (nSPS) is 13.5. The predicted molar refractivity (Wildman–Crippen MR) is 65.8 cm³/mol. The van der Waals surface area contributed by atoms with E-state index in [9.17, 15) is 18.3 Å². The lowest BCUT2D eigenvalue weighted by atomic mass is 10.1. The standard InChI is InChI=1S/C13H18F3NO2/c1-2-19-7-6-17-9-12(18)10-4-3-5-11(8-10)13(14,15)16/h3-5,8,12,17-18H,2,6-7,9H2,1H3. The lowest BCUT2D eigenvalue weighted by molar-refractivity contribution is -0.137. The average Bonchev–Trinajstić information content (AvgIpc) is 2.37. The van der Waals surface area contributed by atoms with Crippen LogP contribution in [0.4, 0.5) is 13.2 Å². The van der Waals surface area contributed by atoms with E-state index in [1.807, 2.05) is 6.92 Å². The summed E-state index contributed by atoms with van der Waals surface area (Å²) in [6, 6.07) is 4.72. The Morgan fingerprint density at radius 1 is 1.37 bits per heavy atom. The molecule has 0 aliphatic carbocycles. The van der Waals surface area contributed by atoms with Gasteiger partial charge in [-0.15, -0.1) is 0 Å². The van der Waals surface area contributed by atoms with Gasteiger partial charge in [0.05, 0.1) is 18.3 Å². The molecule has 3 nitrogen and oxygen atoms in total. The lowest BCUT2D eigenvalue weighted by Gasteiger charge is -2.14. The van der Waals surface area contributed by atoms with Crippen LogP contribution in [0, 0.1) is 0 Å². The summed E-state index contributed by atoms with van der Waals surface area (Å²) in [7, 11) is 0. The number of aliphatic hydroxyl groups excluding tert-OH is 1. The molecule has 1 unspecified atom stereocenters. The molecule has 0 aliphatic heterocycles. The average molecular weight is 277 g/mol. The smallest absolute Gasteiger partial charge is 0.387 e. The number of aliphatic hydroxyl groups is 1. The molecule has 0 spiro atoms. The van der Waals surface area contributed by atoms with Crippen LogP contribution < -0.4 is 5.32 Å². The van der Waals surface area contributed by atoms with E-state index in [1.54, 1.807) is 0 Å². The van der Waals surface area contributed by atoms with E-state index in [2.05, 4.69) is 5.32 Å². The maximum atomic E-state index is 12.5. The van der Waals surface area contributed by atoms with Gasteiger partial charge in [-0.25, -0.2) is 0 Å². The van der Waals surface area contributed by atoms with Gasteiger partial charge in [-0.1, -0.05) is 12.1 Å². The summed E-state index contributed by atoms with van der Waals surface area (Å²) in [4.78, 5) is 0. The molecular formula is C13H18F3NO2. The highest BCUT2D eigenvalue weighted by atomic mass is 19.4. The molecular weight excluding hydrogens is 259 g/mol. The van der Waals surface area contributed by atoms with E-state index in [-0.39, 0.29) is 12.1 Å². The first kappa shape index (κ1) is 15.9. The fourth-order valence-electron chi connectivity index (χ4n) is 1.57. The van der Waals surface area contributed by atoms with Crippen LogP contribution in [0.25, 0.3) is 0 Å². The van der Waals surface area contributed by atoms with Gasteiger partial charge in [-0.2, -0.15) is 13.2 Å². The topological polar surface area (TPSA) is 41.5 Å². The van der Waals surface area contributed by atoms with Gasteiger partial charge in [0.15, 0.2) is 0 Å². The second kappa shape index (κ2) is 7.47. The van der Waals surface area contributed by atoms with Crippen molar-refractivity contribution in [2.45, 2.75) is 19.2 Å². The van der Waals surface area contributed by atoms with Crippen LogP contribution in [0.2, 0.25) is 0 Å². The van der Waals surface area contributed by atoms with Crippen LogP contribution >= 0.6 is 0 Å². The Bertz CT molecular complexity index is 382. The van der Waals surface area contributed by atoms with Crippen molar-refractivity contribution in [1.29, 1.82) is 0 Å². The molecule has 0 amide bonds. The molecule has 6 heteroatoms. The number of rotatable bonds is 7. The maximum absolute atomic E-state index is 12.5. The van der Waals surface area contributed by atoms with Gasteiger partial charge in [-0.05, 0) is 24.6 Å². The molecule has 1 rings (SSSR count). The van der Waals surface area contributed by atoms with Crippen LogP contribution in [0.3, 0.4) is 0 Å². The summed E-state index contributed by atoms with van der Waals surface area (Å²) < 4.78 is 42.6. The van der Waals surface area contributed by atoms with Gasteiger partial charge >= 0.3 is 6.18 Å². The van der Waals surface area contributed by atoms with Crippen molar-refractivity contribution >= 4 is 0 Å². The molecule has 0 saturated heterocycles. The fourth-order valence-corrected chi connectivity index (χ4v) is 1.57. The van der Waals surface area contributed by atoms with Crippen molar-refractivity contribution in [3.63, 3.8) is 0 Å². The van der Waals surface area contributed by atoms with Crippen LogP contribution in [-0.4, -0.2) is 31.4 Å². The van der Waals surface area contributed by atoms with E-state index < -0.39 is 17.8 Å². The summed E-state index contributed by atoms with van der Waals surface area (Å²) in [6.45, 7) is 3.72. The van der Waals surface area contributed by atoms with Crippen molar-refractivity contribution in [1.82, 2.24) is 5.32 Å². The minimum Gasteiger partial charge on any atom is -0.387 e. The van der Waals surface area contributed by atoms with Gasteiger partial charge in [0.25, 0.3) is 0 Å². The highest BCUT2D eigenvalue weighted by molar-refractivity contribution is 5.27. The second-order valence-corrected chi connectivity index (χ2v) is 4.04. The van der Waals surface area contributed by atoms with Gasteiger partial charge in [0.2, 0.25) is 0 Å². The summed E-state index contributed by atoms with van der Waals surface area (Å²) in [5.74, 6) is 0. The van der Waals surface area contributed by atoms with Crippen molar-refractivity contribution in [2.24, 2.45) is 0 Å². The summed E-state index contributed by atoms with van der Waals surface area (Å²) >= 11 is 0. The first-order valence-electron chi connectivity index (χ1n) is 6.09. The molecule has 1 atom stereocenters. The number of hydrogen-bond donors (Lipinski definition) is 2. The Hall–Kier alpha value is -1.11. The molecule has 0 aliphatic rings. The maximum Gasteiger partial charge on any atom is 0.416 e. The minimum absolute atomic E-state index is 0.189. The van der Waals surface area contributed by atoms with E-state index in [0.29, 0.717) is 19.8 Å². The predicted octanol–water partition coefficient (Wildman–Crippen LogP) is 2.36. The molecule has 1 aromatic rings. The Morgan fingerprint density at radius 2 is 2.11 bits per heavy atom. The summed E-state index contributed by atoms with van der Waals surface area (Å²) in [5, 5.41) is 12.7. The van der Waals surface area contributed by atoms with Crippen molar-refractivity contribution in [3.05, 3.63) is 35.4 Å². The van der Waals surface area contributed by atoms with Crippen LogP contribution in [0.1, 0.15) is 24.2 Å². The van der Waals surface area contributed by atoms with E-state index in [4.69, 9.17) is 4.74 Å². The third kappa shape index (κ3) is 5.59. The highest BCUT2D eigenvalue weighted by Gasteiger charge is 2.30. The van der Waals surface area contributed by atoms with Gasteiger partial charge in [-0.3, -0.25) is 0 Å². The summed E-state index contributed by atoms with van der Waals surface area (Å²) in [6.07, 6.45) is -5.36. The van der Waals surface area contributed by atoms with E-state index in [1.165, 1.54) is 12.1 Å². The fraction of sp³-hybridized carbons (Fsp3) is 0.538. The Morgan fingerprint density at radius 3 is 2.74 bits per heavy atom. The first-order chi connectivity index (χ1) is 8.95. The largest absolute Gasteiger partial charge is 0.416 e. The molecule has 0 fully saturated rings. The van der Waals surface area contributed by atoms with Gasteiger partial charge in [0.1, 0.15) is 0 Å². The molecule has 0 saturated carbocycles. The molecule has 108 valence electrons. The Labute approximate surface area is 110 Å². The molecule has 0 radical (unpaired) electrons. The van der Waals surface area contributed by atoms with Crippen LogP contribution in [-0.2, 0) is 10.9 Å². The van der Waals surface area contributed by atoms with Crippen molar-refractivity contribution in [3.8, 4) is 0 Å². The minimum atomic E-state index is -4.39. The molecule has 0 heterocycles. The zero-order valence-corrected chi connectivity index (χ0v) is 10.7. The zero-order valence-electron chi connectivity index (χ0n) is 10.7.